The van der Waals surface area contributed by atoms with E-state index in [1.165, 1.54) is 13.8 Å². The summed E-state index contributed by atoms with van der Waals surface area (Å²) in [6, 6.07) is 0. The summed E-state index contributed by atoms with van der Waals surface area (Å²) >= 11 is 5.32. The molecule has 0 aliphatic rings. The first-order valence-electron chi connectivity index (χ1n) is 3.10. The molecule has 0 aromatic carbocycles. The zero-order valence-corrected chi connectivity index (χ0v) is 7.14. The molecule has 0 saturated heterocycles. The Labute approximate surface area is 69.9 Å². The van der Waals surface area contributed by atoms with Crippen LogP contribution in [0.4, 0.5) is 4.79 Å². The van der Waals surface area contributed by atoms with E-state index in [0.717, 1.165) is 0 Å². The maximum absolute atomic E-state index is 10.6. The standard InChI is InChI=1S/C6H10ClNO3/c1-4(9)3-8-6(10)11-5(2)7/h5H,3H2,1-2H3,(H,8,10). The molecule has 0 radical (unpaired) electrons. The first-order chi connectivity index (χ1) is 5.02. The number of alkyl carbamates (subject to hydrolysis) is 1. The van der Waals surface area contributed by atoms with Crippen molar-refractivity contribution in [3.63, 3.8) is 0 Å². The zero-order chi connectivity index (χ0) is 8.85. The number of rotatable bonds is 3. The minimum absolute atomic E-state index is 0.0254. The molecule has 11 heavy (non-hydrogen) atoms. The highest BCUT2D eigenvalue weighted by molar-refractivity contribution is 6.19. The Hall–Kier alpha value is -0.770. The molecule has 0 aromatic heterocycles. The van der Waals surface area contributed by atoms with Crippen LogP contribution < -0.4 is 5.32 Å². The van der Waals surface area contributed by atoms with Gasteiger partial charge in [0.25, 0.3) is 0 Å². The number of hydrogen-bond donors (Lipinski definition) is 1. The fraction of sp³-hybridized carbons (Fsp3) is 0.667. The van der Waals surface area contributed by atoms with Gasteiger partial charge in [-0.25, -0.2) is 4.79 Å². The van der Waals surface area contributed by atoms with Gasteiger partial charge in [0, 0.05) is 0 Å². The van der Waals surface area contributed by atoms with E-state index in [1.54, 1.807) is 0 Å². The van der Waals surface area contributed by atoms with Crippen LogP contribution in [0.5, 0.6) is 0 Å². The topological polar surface area (TPSA) is 55.4 Å². The number of halogens is 1. The summed E-state index contributed by atoms with van der Waals surface area (Å²) in [5, 5.41) is 2.22. The van der Waals surface area contributed by atoms with Crippen LogP contribution in [-0.2, 0) is 9.53 Å². The summed E-state index contributed by atoms with van der Waals surface area (Å²) < 4.78 is 4.46. The second-order valence-corrected chi connectivity index (χ2v) is 2.62. The van der Waals surface area contributed by atoms with Crippen molar-refractivity contribution in [2.45, 2.75) is 19.4 Å². The van der Waals surface area contributed by atoms with Gasteiger partial charge in [-0.3, -0.25) is 4.79 Å². The molecule has 0 bridgehead atoms. The van der Waals surface area contributed by atoms with E-state index in [9.17, 15) is 9.59 Å². The van der Waals surface area contributed by atoms with E-state index >= 15 is 0 Å². The number of alkyl halides is 1. The average molecular weight is 180 g/mol. The summed E-state index contributed by atoms with van der Waals surface area (Å²) in [6.07, 6.45) is -0.678. The molecule has 4 nitrogen and oxygen atoms in total. The van der Waals surface area contributed by atoms with Gasteiger partial charge in [-0.1, -0.05) is 11.6 Å². The van der Waals surface area contributed by atoms with Crippen LogP contribution in [0.3, 0.4) is 0 Å². The summed E-state index contributed by atoms with van der Waals surface area (Å²) in [7, 11) is 0. The molecular weight excluding hydrogens is 170 g/mol. The van der Waals surface area contributed by atoms with Gasteiger partial charge in [-0.05, 0) is 13.8 Å². The molecule has 0 spiro atoms. The molecule has 1 amide bonds. The maximum Gasteiger partial charge on any atom is 0.408 e. The fourth-order valence-corrected chi connectivity index (χ4v) is 0.467. The van der Waals surface area contributed by atoms with E-state index in [-0.39, 0.29) is 12.3 Å². The second-order valence-electron chi connectivity index (χ2n) is 2.00. The largest absolute Gasteiger partial charge is 0.430 e. The van der Waals surface area contributed by atoms with Gasteiger partial charge in [0.2, 0.25) is 0 Å². The van der Waals surface area contributed by atoms with Crippen LogP contribution in [0.2, 0.25) is 0 Å². The number of hydrogen-bond acceptors (Lipinski definition) is 3. The summed E-state index contributed by atoms with van der Waals surface area (Å²) in [5.74, 6) is -0.135. The molecular formula is C6H10ClNO3. The third-order valence-electron chi connectivity index (χ3n) is 0.751. The second kappa shape index (κ2) is 4.96. The Morgan fingerprint density at radius 3 is 2.55 bits per heavy atom. The lowest BCUT2D eigenvalue weighted by molar-refractivity contribution is -0.116. The SMILES string of the molecule is CC(=O)CNC(=O)OC(C)Cl. The van der Waals surface area contributed by atoms with Crippen molar-refractivity contribution in [2.24, 2.45) is 0 Å². The zero-order valence-electron chi connectivity index (χ0n) is 6.39. The first-order valence-corrected chi connectivity index (χ1v) is 3.54. The van der Waals surface area contributed by atoms with Crippen molar-refractivity contribution in [1.82, 2.24) is 5.32 Å². The highest BCUT2D eigenvalue weighted by Crippen LogP contribution is 1.94. The molecule has 0 aliphatic carbocycles. The summed E-state index contributed by atoms with van der Waals surface area (Å²) in [4.78, 5) is 20.9. The first kappa shape index (κ1) is 10.2. The number of carbonyl (C=O) groups is 2. The molecule has 1 N–H and O–H groups in total. The Morgan fingerprint density at radius 1 is 1.64 bits per heavy atom. The third kappa shape index (κ3) is 7.12. The normalized spacial score (nSPS) is 11.9. The van der Waals surface area contributed by atoms with E-state index < -0.39 is 11.7 Å². The molecule has 1 unspecified atom stereocenters. The van der Waals surface area contributed by atoms with Crippen LogP contribution in [0.25, 0.3) is 0 Å². The summed E-state index contributed by atoms with van der Waals surface area (Å²) in [5.41, 5.74) is -0.679. The molecule has 0 heterocycles. The van der Waals surface area contributed by atoms with Crippen LogP contribution in [-0.4, -0.2) is 24.0 Å². The Morgan fingerprint density at radius 2 is 2.18 bits per heavy atom. The number of ketones is 1. The number of ether oxygens (including phenoxy) is 1. The Balaban J connectivity index is 3.45. The van der Waals surface area contributed by atoms with Crippen molar-refractivity contribution >= 4 is 23.5 Å². The van der Waals surface area contributed by atoms with Gasteiger partial charge < -0.3 is 10.1 Å². The fourth-order valence-electron chi connectivity index (χ4n) is 0.386. The highest BCUT2D eigenvalue weighted by Gasteiger charge is 2.05. The number of nitrogens with one attached hydrogen (secondary N) is 1. The number of carbonyl (C=O) groups excluding carboxylic acids is 2. The predicted molar refractivity (Wildman–Crippen MR) is 40.5 cm³/mol. The van der Waals surface area contributed by atoms with E-state index in [2.05, 4.69) is 10.1 Å². The Kier molecular flexibility index (Phi) is 4.61. The van der Waals surface area contributed by atoms with Gasteiger partial charge in [0.15, 0.2) is 5.56 Å². The number of Topliss-reactive ketones (excluding diaryl/α,β-unsaturated/α-hetero) is 1. The number of amides is 1. The molecule has 1 atom stereocenters. The van der Waals surface area contributed by atoms with Gasteiger partial charge in [-0.15, -0.1) is 0 Å². The van der Waals surface area contributed by atoms with E-state index in [0.29, 0.717) is 0 Å². The molecule has 0 fully saturated rings. The third-order valence-corrected chi connectivity index (χ3v) is 0.840. The highest BCUT2D eigenvalue weighted by atomic mass is 35.5. The van der Waals surface area contributed by atoms with Crippen molar-refractivity contribution in [1.29, 1.82) is 0 Å². The molecule has 0 rings (SSSR count). The van der Waals surface area contributed by atoms with Crippen molar-refractivity contribution in [2.75, 3.05) is 6.54 Å². The average Bonchev–Trinajstić information content (AvgIpc) is 1.82. The van der Waals surface area contributed by atoms with Crippen molar-refractivity contribution < 1.29 is 14.3 Å². The minimum atomic E-state index is -0.679. The smallest absolute Gasteiger partial charge is 0.408 e. The lowest BCUT2D eigenvalue weighted by Gasteiger charge is -2.05. The van der Waals surface area contributed by atoms with Crippen LogP contribution in [0.15, 0.2) is 0 Å². The molecule has 0 aromatic rings. The Bertz CT molecular complexity index is 158. The molecule has 64 valence electrons. The van der Waals surface area contributed by atoms with Crippen molar-refractivity contribution in [3.05, 3.63) is 0 Å². The monoisotopic (exact) mass is 179 g/mol. The molecule has 0 saturated carbocycles. The van der Waals surface area contributed by atoms with Crippen LogP contribution >= 0.6 is 11.6 Å². The summed E-state index contributed by atoms with van der Waals surface area (Å²) in [6.45, 7) is 2.85. The molecule has 5 heteroatoms. The van der Waals surface area contributed by atoms with Gasteiger partial charge >= 0.3 is 6.09 Å². The van der Waals surface area contributed by atoms with Gasteiger partial charge in [0.05, 0.1) is 6.54 Å². The lowest BCUT2D eigenvalue weighted by atomic mass is 10.4. The van der Waals surface area contributed by atoms with Gasteiger partial charge in [0.1, 0.15) is 5.78 Å². The van der Waals surface area contributed by atoms with E-state index in [1.807, 2.05) is 0 Å². The van der Waals surface area contributed by atoms with Crippen molar-refractivity contribution in [3.8, 4) is 0 Å². The van der Waals surface area contributed by atoms with E-state index in [4.69, 9.17) is 11.6 Å². The predicted octanol–water partition coefficient (Wildman–Crippen LogP) is 0.886. The maximum atomic E-state index is 10.6. The quantitative estimate of drug-likeness (QED) is 0.655. The molecule has 0 aliphatic heterocycles. The van der Waals surface area contributed by atoms with Crippen LogP contribution in [0, 0.1) is 0 Å². The van der Waals surface area contributed by atoms with Crippen LogP contribution in [0.1, 0.15) is 13.8 Å². The van der Waals surface area contributed by atoms with Gasteiger partial charge in [-0.2, -0.15) is 0 Å². The minimum Gasteiger partial charge on any atom is -0.430 e. The lowest BCUT2D eigenvalue weighted by Crippen LogP contribution is -2.30.